The fraction of sp³-hybridized carbons (Fsp3) is 0.375. The molecule has 0 radical (unpaired) electrons. The number of aromatic amines is 1. The summed E-state index contributed by atoms with van der Waals surface area (Å²) in [6.45, 7) is 0. The smallest absolute Gasteiger partial charge is 0.318 e. The van der Waals surface area contributed by atoms with Crippen LogP contribution in [0.3, 0.4) is 0 Å². The number of H-pyrrole nitrogens is 1. The van der Waals surface area contributed by atoms with E-state index < -0.39 is 40.9 Å². The van der Waals surface area contributed by atoms with Crippen molar-refractivity contribution in [2.45, 2.75) is 18.5 Å². The molecule has 0 amide bonds. The minimum absolute atomic E-state index is 0.413. The van der Waals surface area contributed by atoms with Crippen LogP contribution in [0, 0.1) is 0 Å². The van der Waals surface area contributed by atoms with Crippen LogP contribution in [-0.2, 0) is 12.1 Å². The third kappa shape index (κ3) is 2.52. The van der Waals surface area contributed by atoms with Crippen LogP contribution in [0.5, 0.6) is 0 Å². The van der Waals surface area contributed by atoms with Crippen molar-refractivity contribution in [2.24, 2.45) is 0 Å². The minimum atomic E-state index is -4.80. The van der Waals surface area contributed by atoms with Gasteiger partial charge in [-0.1, -0.05) is 0 Å². The van der Waals surface area contributed by atoms with Crippen LogP contribution in [0.1, 0.15) is 23.2 Å². The molecule has 0 saturated carbocycles. The Bertz CT molecular complexity index is 439. The number of alkyl halides is 6. The monoisotopic (exact) mass is 261 g/mol. The average molecular weight is 262 g/mol. The lowest BCUT2D eigenvalue weighted by atomic mass is 10.1. The average Bonchev–Trinajstić information content (AvgIpc) is 2.14. The Morgan fingerprint density at radius 1 is 1.38 bits per heavy atom. The van der Waals surface area contributed by atoms with E-state index in [0.717, 1.165) is 0 Å². The Morgan fingerprint density at radius 2 is 1.94 bits per heavy atom. The van der Waals surface area contributed by atoms with Crippen molar-refractivity contribution in [1.29, 1.82) is 0 Å². The molecule has 0 aliphatic carbocycles. The Morgan fingerprint density at radius 3 is 2.31 bits per heavy atom. The number of hydrogen-bond acceptors (Lipinski definition) is 1. The van der Waals surface area contributed by atoms with E-state index in [1.165, 1.54) is 4.98 Å². The summed E-state index contributed by atoms with van der Waals surface area (Å²) in [6.07, 6.45) is -7.97. The number of halogens is 6. The van der Waals surface area contributed by atoms with Crippen molar-refractivity contribution >= 4 is 11.6 Å². The SMILES string of the molecule is O=c1[nH]c(C(F)(F)F)cc(CCl)c1C(F)F. The molecule has 1 aromatic heterocycles. The van der Waals surface area contributed by atoms with Gasteiger partial charge in [0, 0.05) is 5.88 Å². The molecule has 16 heavy (non-hydrogen) atoms. The van der Waals surface area contributed by atoms with Crippen molar-refractivity contribution in [3.8, 4) is 0 Å². The van der Waals surface area contributed by atoms with Crippen LogP contribution in [0.4, 0.5) is 22.0 Å². The summed E-state index contributed by atoms with van der Waals surface area (Å²) in [5.74, 6) is -0.591. The molecule has 0 atom stereocenters. The normalized spacial score (nSPS) is 12.2. The standard InChI is InChI=1S/C8H5ClF5NO/c9-2-3-1-4(8(12,13)14)15-7(16)5(3)6(10)11/h1,6H,2H2,(H,15,16). The molecule has 0 aromatic carbocycles. The van der Waals surface area contributed by atoms with E-state index in [1.807, 2.05) is 0 Å². The first-order chi connectivity index (χ1) is 7.27. The lowest BCUT2D eigenvalue weighted by Crippen LogP contribution is -2.22. The molecule has 0 bridgehead atoms. The predicted molar refractivity (Wildman–Crippen MR) is 46.6 cm³/mol. The van der Waals surface area contributed by atoms with Gasteiger partial charge in [0.2, 0.25) is 0 Å². The summed E-state index contributed by atoms with van der Waals surface area (Å²) >= 11 is 5.22. The largest absolute Gasteiger partial charge is 0.431 e. The van der Waals surface area contributed by atoms with E-state index >= 15 is 0 Å². The summed E-state index contributed by atoms with van der Waals surface area (Å²) < 4.78 is 61.3. The third-order valence-electron chi connectivity index (χ3n) is 1.82. The van der Waals surface area contributed by atoms with Gasteiger partial charge in [-0.2, -0.15) is 13.2 Å². The zero-order valence-electron chi connectivity index (χ0n) is 7.54. The van der Waals surface area contributed by atoms with Crippen LogP contribution < -0.4 is 5.56 Å². The summed E-state index contributed by atoms with van der Waals surface area (Å²) in [7, 11) is 0. The van der Waals surface area contributed by atoms with Gasteiger partial charge in [0.15, 0.2) is 0 Å². The van der Waals surface area contributed by atoms with Crippen LogP contribution in [-0.4, -0.2) is 4.98 Å². The van der Waals surface area contributed by atoms with Gasteiger partial charge in [0.25, 0.3) is 12.0 Å². The number of nitrogens with one attached hydrogen (secondary N) is 1. The highest BCUT2D eigenvalue weighted by Gasteiger charge is 2.33. The minimum Gasteiger partial charge on any atom is -0.318 e. The van der Waals surface area contributed by atoms with E-state index in [-0.39, 0.29) is 0 Å². The molecule has 0 aliphatic heterocycles. The predicted octanol–water partition coefficient (Wildman–Crippen LogP) is 3.07. The highest BCUT2D eigenvalue weighted by atomic mass is 35.5. The second kappa shape index (κ2) is 4.40. The maximum Gasteiger partial charge on any atom is 0.431 e. The van der Waals surface area contributed by atoms with Crippen molar-refractivity contribution in [3.63, 3.8) is 0 Å². The van der Waals surface area contributed by atoms with Crippen LogP contribution in [0.25, 0.3) is 0 Å². The molecule has 1 aromatic rings. The van der Waals surface area contributed by atoms with Gasteiger partial charge in [-0.05, 0) is 11.6 Å². The highest BCUT2D eigenvalue weighted by Crippen LogP contribution is 2.29. The number of rotatable bonds is 2. The van der Waals surface area contributed by atoms with Crippen molar-refractivity contribution < 1.29 is 22.0 Å². The third-order valence-corrected chi connectivity index (χ3v) is 2.11. The fourth-order valence-electron chi connectivity index (χ4n) is 1.13. The van der Waals surface area contributed by atoms with Gasteiger partial charge in [-0.15, -0.1) is 11.6 Å². The van der Waals surface area contributed by atoms with E-state index in [2.05, 4.69) is 0 Å². The van der Waals surface area contributed by atoms with Gasteiger partial charge in [-0.3, -0.25) is 4.79 Å². The highest BCUT2D eigenvalue weighted by molar-refractivity contribution is 6.17. The van der Waals surface area contributed by atoms with Crippen LogP contribution in [0.15, 0.2) is 10.9 Å². The molecule has 0 saturated heterocycles. The molecule has 0 spiro atoms. The molecule has 8 heteroatoms. The summed E-state index contributed by atoms with van der Waals surface area (Å²) in [5.41, 5.74) is -4.41. The summed E-state index contributed by atoms with van der Waals surface area (Å²) in [6, 6.07) is 0.413. The van der Waals surface area contributed by atoms with Gasteiger partial charge in [0.1, 0.15) is 5.69 Å². The summed E-state index contributed by atoms with van der Waals surface area (Å²) in [5, 5.41) is 0. The Hall–Kier alpha value is -1.11. The molecule has 1 heterocycles. The molecular formula is C8H5ClF5NO. The molecule has 0 unspecified atom stereocenters. The van der Waals surface area contributed by atoms with Gasteiger partial charge < -0.3 is 4.98 Å². The quantitative estimate of drug-likeness (QED) is 0.644. The fourth-order valence-corrected chi connectivity index (χ4v) is 1.35. The first-order valence-corrected chi connectivity index (χ1v) is 4.48. The number of hydrogen-bond donors (Lipinski definition) is 1. The van der Waals surface area contributed by atoms with Gasteiger partial charge in [-0.25, -0.2) is 8.78 Å². The Kier molecular flexibility index (Phi) is 3.57. The second-order valence-electron chi connectivity index (χ2n) is 2.88. The first-order valence-electron chi connectivity index (χ1n) is 3.94. The molecule has 90 valence electrons. The zero-order chi connectivity index (χ0) is 12.5. The second-order valence-corrected chi connectivity index (χ2v) is 3.15. The Balaban J connectivity index is 3.45. The van der Waals surface area contributed by atoms with E-state index in [9.17, 15) is 26.7 Å². The molecule has 1 N–H and O–H groups in total. The molecule has 0 fully saturated rings. The van der Waals surface area contributed by atoms with Crippen molar-refractivity contribution in [1.82, 2.24) is 4.98 Å². The van der Waals surface area contributed by atoms with Crippen LogP contribution in [0.2, 0.25) is 0 Å². The number of aromatic nitrogens is 1. The van der Waals surface area contributed by atoms with Gasteiger partial charge in [0.05, 0.1) is 5.56 Å². The molecule has 2 nitrogen and oxygen atoms in total. The lowest BCUT2D eigenvalue weighted by Gasteiger charge is -2.10. The molecule has 1 rings (SSSR count). The lowest BCUT2D eigenvalue weighted by molar-refractivity contribution is -0.141. The Labute approximate surface area is 91.0 Å². The number of pyridine rings is 1. The summed E-state index contributed by atoms with van der Waals surface area (Å²) in [4.78, 5) is 12.4. The van der Waals surface area contributed by atoms with E-state index in [0.29, 0.717) is 6.07 Å². The van der Waals surface area contributed by atoms with Gasteiger partial charge >= 0.3 is 6.18 Å². The zero-order valence-corrected chi connectivity index (χ0v) is 8.29. The maximum absolute atomic E-state index is 12.3. The maximum atomic E-state index is 12.3. The van der Waals surface area contributed by atoms with Crippen molar-refractivity contribution in [2.75, 3.05) is 0 Å². The van der Waals surface area contributed by atoms with E-state index in [4.69, 9.17) is 11.6 Å². The van der Waals surface area contributed by atoms with Crippen LogP contribution >= 0.6 is 11.6 Å². The topological polar surface area (TPSA) is 32.9 Å². The van der Waals surface area contributed by atoms with Crippen molar-refractivity contribution in [3.05, 3.63) is 33.2 Å². The molecule has 0 aliphatic rings. The van der Waals surface area contributed by atoms with E-state index in [1.54, 1.807) is 0 Å². The first kappa shape index (κ1) is 13.0. The molecular weight excluding hydrogens is 257 g/mol.